The summed E-state index contributed by atoms with van der Waals surface area (Å²) in [5, 5.41) is 2.01. The van der Waals surface area contributed by atoms with Crippen LogP contribution in [0.2, 0.25) is 0 Å². The van der Waals surface area contributed by atoms with Crippen LogP contribution in [0.5, 0.6) is 0 Å². The van der Waals surface area contributed by atoms with Gasteiger partial charge in [-0.2, -0.15) is 0 Å². The number of nitrogen functional groups attached to an aromatic ring is 1. The summed E-state index contributed by atoms with van der Waals surface area (Å²) in [6, 6.07) is 4.00. The SMILES string of the molecule is Cc1nc(N)nc(-c2cccs2)c1Br. The van der Waals surface area contributed by atoms with Gasteiger partial charge < -0.3 is 5.73 Å². The smallest absolute Gasteiger partial charge is 0.220 e. The van der Waals surface area contributed by atoms with Gasteiger partial charge in [-0.05, 0) is 34.3 Å². The van der Waals surface area contributed by atoms with Crippen molar-refractivity contribution in [3.05, 3.63) is 27.7 Å². The molecule has 0 aliphatic heterocycles. The molecule has 0 saturated heterocycles. The van der Waals surface area contributed by atoms with Gasteiger partial charge in [0.15, 0.2) is 0 Å². The number of aromatic nitrogens is 2. The van der Waals surface area contributed by atoms with E-state index in [0.29, 0.717) is 5.95 Å². The van der Waals surface area contributed by atoms with Gasteiger partial charge in [-0.25, -0.2) is 9.97 Å². The number of thiophene rings is 1. The van der Waals surface area contributed by atoms with Gasteiger partial charge in [0, 0.05) is 0 Å². The van der Waals surface area contributed by atoms with E-state index >= 15 is 0 Å². The van der Waals surface area contributed by atoms with Gasteiger partial charge in [0.1, 0.15) is 5.69 Å². The highest BCUT2D eigenvalue weighted by Gasteiger charge is 2.10. The average molecular weight is 270 g/mol. The largest absolute Gasteiger partial charge is 0.368 e. The lowest BCUT2D eigenvalue weighted by Gasteiger charge is -2.04. The summed E-state index contributed by atoms with van der Waals surface area (Å²) < 4.78 is 0.911. The fraction of sp³-hybridized carbons (Fsp3) is 0.111. The third-order valence-corrected chi connectivity index (χ3v) is 3.61. The molecule has 2 heterocycles. The molecule has 5 heteroatoms. The molecule has 2 rings (SSSR count). The van der Waals surface area contributed by atoms with Crippen LogP contribution in [0, 0.1) is 6.92 Å². The number of nitrogens with two attached hydrogens (primary N) is 1. The van der Waals surface area contributed by atoms with Crippen LogP contribution in [0.3, 0.4) is 0 Å². The van der Waals surface area contributed by atoms with Crippen LogP contribution in [0.4, 0.5) is 5.95 Å². The lowest BCUT2D eigenvalue weighted by molar-refractivity contribution is 1.11. The van der Waals surface area contributed by atoms with Gasteiger partial charge in [0.05, 0.1) is 15.0 Å². The lowest BCUT2D eigenvalue weighted by atomic mass is 10.3. The van der Waals surface area contributed by atoms with Crippen molar-refractivity contribution in [2.24, 2.45) is 0 Å². The highest BCUT2D eigenvalue weighted by atomic mass is 79.9. The molecular formula is C9H8BrN3S. The first-order chi connectivity index (χ1) is 6.68. The van der Waals surface area contributed by atoms with Gasteiger partial charge in [0.25, 0.3) is 0 Å². The van der Waals surface area contributed by atoms with Gasteiger partial charge >= 0.3 is 0 Å². The second-order valence-corrected chi connectivity index (χ2v) is 4.55. The van der Waals surface area contributed by atoms with Crippen molar-refractivity contribution >= 4 is 33.2 Å². The Balaban J connectivity index is 2.64. The number of hydrogen-bond donors (Lipinski definition) is 1. The number of nitrogens with zero attached hydrogens (tertiary/aromatic N) is 2. The Morgan fingerprint density at radius 1 is 1.43 bits per heavy atom. The molecule has 0 unspecified atom stereocenters. The summed E-state index contributed by atoms with van der Waals surface area (Å²) in [6.45, 7) is 1.90. The zero-order valence-corrected chi connectivity index (χ0v) is 9.89. The van der Waals surface area contributed by atoms with E-state index in [9.17, 15) is 0 Å². The summed E-state index contributed by atoms with van der Waals surface area (Å²) in [5.74, 6) is 0.314. The van der Waals surface area contributed by atoms with E-state index in [-0.39, 0.29) is 0 Å². The van der Waals surface area contributed by atoms with E-state index in [1.54, 1.807) is 11.3 Å². The maximum Gasteiger partial charge on any atom is 0.220 e. The molecule has 72 valence electrons. The van der Waals surface area contributed by atoms with Crippen LogP contribution in [0.1, 0.15) is 5.69 Å². The first kappa shape index (κ1) is 9.61. The molecule has 2 N–H and O–H groups in total. The predicted molar refractivity (Wildman–Crippen MR) is 62.2 cm³/mol. The van der Waals surface area contributed by atoms with Crippen molar-refractivity contribution in [1.29, 1.82) is 0 Å². The summed E-state index contributed by atoms with van der Waals surface area (Å²) in [7, 11) is 0. The normalized spacial score (nSPS) is 10.4. The molecule has 0 radical (unpaired) electrons. The van der Waals surface area contributed by atoms with Crippen molar-refractivity contribution < 1.29 is 0 Å². The number of aryl methyl sites for hydroxylation is 1. The molecule has 0 spiro atoms. The topological polar surface area (TPSA) is 51.8 Å². The molecule has 0 aliphatic carbocycles. The molecule has 0 atom stereocenters. The zero-order valence-electron chi connectivity index (χ0n) is 7.49. The minimum absolute atomic E-state index is 0.314. The maximum absolute atomic E-state index is 5.60. The Labute approximate surface area is 94.1 Å². The second kappa shape index (κ2) is 3.67. The van der Waals surface area contributed by atoms with Crippen LogP contribution in [-0.2, 0) is 0 Å². The Bertz CT molecular complexity index is 453. The fourth-order valence-electron chi connectivity index (χ4n) is 1.16. The third-order valence-electron chi connectivity index (χ3n) is 1.79. The van der Waals surface area contributed by atoms with Crippen molar-refractivity contribution in [2.45, 2.75) is 6.92 Å². The minimum atomic E-state index is 0.314. The second-order valence-electron chi connectivity index (χ2n) is 2.81. The quantitative estimate of drug-likeness (QED) is 0.866. The summed E-state index contributed by atoms with van der Waals surface area (Å²) in [4.78, 5) is 9.37. The molecule has 3 nitrogen and oxygen atoms in total. The number of hydrogen-bond acceptors (Lipinski definition) is 4. The first-order valence-corrected chi connectivity index (χ1v) is 5.69. The standard InChI is InChI=1S/C9H8BrN3S/c1-5-7(10)8(13-9(11)12-5)6-3-2-4-14-6/h2-4H,1H3,(H2,11,12,13). The van der Waals surface area contributed by atoms with Crippen LogP contribution < -0.4 is 5.73 Å². The maximum atomic E-state index is 5.60. The Hall–Kier alpha value is -0.940. The minimum Gasteiger partial charge on any atom is -0.368 e. The predicted octanol–water partition coefficient (Wildman–Crippen LogP) is 2.86. The molecule has 2 aromatic rings. The number of halogens is 1. The lowest BCUT2D eigenvalue weighted by Crippen LogP contribution is -1.99. The highest BCUT2D eigenvalue weighted by Crippen LogP contribution is 2.31. The summed E-state index contributed by atoms with van der Waals surface area (Å²) in [6.07, 6.45) is 0. The van der Waals surface area contributed by atoms with E-state index in [4.69, 9.17) is 5.73 Å². The van der Waals surface area contributed by atoms with Gasteiger partial charge in [-0.15, -0.1) is 11.3 Å². The van der Waals surface area contributed by atoms with E-state index < -0.39 is 0 Å². The van der Waals surface area contributed by atoms with E-state index in [1.165, 1.54) is 0 Å². The molecule has 0 aliphatic rings. The zero-order chi connectivity index (χ0) is 10.1. The monoisotopic (exact) mass is 269 g/mol. The Morgan fingerprint density at radius 3 is 2.86 bits per heavy atom. The van der Waals surface area contributed by atoms with Gasteiger partial charge in [0.2, 0.25) is 5.95 Å². The first-order valence-electron chi connectivity index (χ1n) is 4.02. The molecule has 0 aromatic carbocycles. The van der Waals surface area contributed by atoms with Crippen molar-refractivity contribution in [3.8, 4) is 10.6 Å². The van der Waals surface area contributed by atoms with Crippen LogP contribution in [-0.4, -0.2) is 9.97 Å². The van der Waals surface area contributed by atoms with Crippen LogP contribution in [0.25, 0.3) is 10.6 Å². The molecular weight excluding hydrogens is 262 g/mol. The van der Waals surface area contributed by atoms with Gasteiger partial charge in [-0.1, -0.05) is 6.07 Å². The van der Waals surface area contributed by atoms with Crippen molar-refractivity contribution in [3.63, 3.8) is 0 Å². The fourth-order valence-corrected chi connectivity index (χ4v) is 2.40. The van der Waals surface area contributed by atoms with E-state index in [1.807, 2.05) is 24.4 Å². The summed E-state index contributed by atoms with van der Waals surface area (Å²) in [5.41, 5.74) is 7.32. The Kier molecular flexibility index (Phi) is 2.52. The molecule has 14 heavy (non-hydrogen) atoms. The van der Waals surface area contributed by atoms with Crippen molar-refractivity contribution in [2.75, 3.05) is 5.73 Å². The number of rotatable bonds is 1. The molecule has 0 saturated carbocycles. The van der Waals surface area contributed by atoms with Crippen LogP contribution in [0.15, 0.2) is 22.0 Å². The molecule has 0 fully saturated rings. The highest BCUT2D eigenvalue weighted by molar-refractivity contribution is 9.10. The molecule has 0 bridgehead atoms. The van der Waals surface area contributed by atoms with Crippen LogP contribution >= 0.6 is 27.3 Å². The third kappa shape index (κ3) is 1.65. The van der Waals surface area contributed by atoms with E-state index in [0.717, 1.165) is 20.7 Å². The van der Waals surface area contributed by atoms with Gasteiger partial charge in [-0.3, -0.25) is 0 Å². The molecule has 0 amide bonds. The number of anilines is 1. The van der Waals surface area contributed by atoms with Crippen molar-refractivity contribution in [1.82, 2.24) is 9.97 Å². The Morgan fingerprint density at radius 2 is 2.21 bits per heavy atom. The molecule has 2 aromatic heterocycles. The average Bonchev–Trinajstić information content (AvgIpc) is 2.63. The van der Waals surface area contributed by atoms with E-state index in [2.05, 4.69) is 25.9 Å². The summed E-state index contributed by atoms with van der Waals surface area (Å²) >= 11 is 5.09.